The zero-order chi connectivity index (χ0) is 23.6. The van der Waals surface area contributed by atoms with Crippen molar-refractivity contribution < 1.29 is 24.2 Å². The van der Waals surface area contributed by atoms with Crippen LogP contribution in [-0.2, 0) is 22.5 Å². The van der Waals surface area contributed by atoms with E-state index in [1.54, 1.807) is 6.07 Å². The molecule has 1 aliphatic heterocycles. The van der Waals surface area contributed by atoms with Crippen molar-refractivity contribution in [2.24, 2.45) is 0 Å². The van der Waals surface area contributed by atoms with Crippen molar-refractivity contribution in [1.82, 2.24) is 10.2 Å². The molecule has 0 fully saturated rings. The molecule has 178 valence electrons. The van der Waals surface area contributed by atoms with E-state index in [-0.39, 0.29) is 12.3 Å². The van der Waals surface area contributed by atoms with Gasteiger partial charge in [-0.1, -0.05) is 24.3 Å². The lowest BCUT2D eigenvalue weighted by Gasteiger charge is -2.27. The fourth-order valence-electron chi connectivity index (χ4n) is 3.85. The Labute approximate surface area is 195 Å². The third-order valence-corrected chi connectivity index (χ3v) is 5.69. The molecule has 7 heteroatoms. The number of hydrogen-bond acceptors (Lipinski definition) is 5. The molecule has 1 heterocycles. The number of nitrogens with zero attached hydrogens (tertiary/aromatic N) is 1. The van der Waals surface area contributed by atoms with E-state index in [9.17, 15) is 9.59 Å². The average molecular weight is 455 g/mol. The largest absolute Gasteiger partial charge is 0.491 e. The van der Waals surface area contributed by atoms with Gasteiger partial charge in [-0.15, -0.1) is 0 Å². The normalized spacial score (nSPS) is 15.2. The van der Waals surface area contributed by atoms with Gasteiger partial charge in [0.25, 0.3) is 5.91 Å². The Morgan fingerprint density at radius 3 is 2.70 bits per heavy atom. The van der Waals surface area contributed by atoms with Gasteiger partial charge in [0.1, 0.15) is 12.4 Å². The van der Waals surface area contributed by atoms with Gasteiger partial charge in [-0.2, -0.15) is 0 Å². The van der Waals surface area contributed by atoms with Crippen LogP contribution >= 0.6 is 0 Å². The molecular weight excluding hydrogens is 420 g/mol. The highest BCUT2D eigenvalue weighted by molar-refractivity contribution is 5.94. The number of carbonyl (C=O) groups excluding carboxylic acids is 1. The van der Waals surface area contributed by atoms with Gasteiger partial charge in [-0.3, -0.25) is 14.5 Å². The van der Waals surface area contributed by atoms with Gasteiger partial charge in [-0.05, 0) is 55.2 Å². The second kappa shape index (κ2) is 12.4. The molecule has 0 radical (unpaired) electrons. The number of hydrogen-bond donors (Lipinski definition) is 2. The molecule has 2 N–H and O–H groups in total. The van der Waals surface area contributed by atoms with Crippen molar-refractivity contribution in [2.45, 2.75) is 45.7 Å². The lowest BCUT2D eigenvalue weighted by molar-refractivity contribution is -0.137. The number of nitrogens with one attached hydrogen (secondary N) is 1. The molecule has 2 bridgehead atoms. The van der Waals surface area contributed by atoms with E-state index in [0.717, 1.165) is 30.0 Å². The number of fused-ring (bicyclic) bond motifs is 3. The molecule has 0 aliphatic carbocycles. The molecule has 0 saturated heterocycles. The second-order valence-electron chi connectivity index (χ2n) is 8.60. The predicted molar refractivity (Wildman–Crippen MR) is 127 cm³/mol. The highest BCUT2D eigenvalue weighted by Gasteiger charge is 2.14. The Kier molecular flexibility index (Phi) is 9.27. The number of carboxylic acids is 1. The van der Waals surface area contributed by atoms with E-state index in [0.29, 0.717) is 50.8 Å². The van der Waals surface area contributed by atoms with Crippen molar-refractivity contribution in [3.8, 4) is 5.75 Å². The summed E-state index contributed by atoms with van der Waals surface area (Å²) in [5.41, 5.74) is 3.87. The van der Waals surface area contributed by atoms with Gasteiger partial charge in [0, 0.05) is 44.1 Å². The highest BCUT2D eigenvalue weighted by atomic mass is 16.5. The third-order valence-electron chi connectivity index (χ3n) is 5.69. The van der Waals surface area contributed by atoms with Crippen LogP contribution in [0.5, 0.6) is 5.75 Å². The van der Waals surface area contributed by atoms with Gasteiger partial charge in [0.2, 0.25) is 0 Å². The molecule has 7 nitrogen and oxygen atoms in total. The summed E-state index contributed by atoms with van der Waals surface area (Å²) in [6.07, 6.45) is 1.08. The molecule has 2 aromatic carbocycles. The van der Waals surface area contributed by atoms with Crippen molar-refractivity contribution in [2.75, 3.05) is 32.9 Å². The number of rotatable bonds is 6. The standard InChI is InChI=1S/C26H34N2O5/c1-19(2)28-11-12-32-13-14-33-24-9-8-22(26(31)27-10-4-7-25(29)30)17-23(24)16-20-5-3-6-21(15-20)18-28/h3,5-6,8-9,15,17,19H,4,7,10-14,16,18H2,1-2H3,(H,27,31)(H,29,30). The van der Waals surface area contributed by atoms with Gasteiger partial charge in [-0.25, -0.2) is 0 Å². The fraction of sp³-hybridized carbons (Fsp3) is 0.462. The number of benzene rings is 2. The first-order valence-corrected chi connectivity index (χ1v) is 11.6. The highest BCUT2D eigenvalue weighted by Crippen LogP contribution is 2.25. The molecule has 1 aliphatic rings. The Bertz CT molecular complexity index is 944. The molecular formula is C26H34N2O5. The molecule has 2 aromatic rings. The molecule has 0 unspecified atom stereocenters. The lowest BCUT2D eigenvalue weighted by atomic mass is 9.99. The molecule has 0 saturated carbocycles. The summed E-state index contributed by atoms with van der Waals surface area (Å²) in [6, 6.07) is 14.4. The van der Waals surface area contributed by atoms with E-state index in [2.05, 4.69) is 48.3 Å². The van der Waals surface area contributed by atoms with Gasteiger partial charge < -0.3 is 19.9 Å². The number of aliphatic carboxylic acids is 1. The van der Waals surface area contributed by atoms with Crippen LogP contribution in [-0.4, -0.2) is 60.8 Å². The smallest absolute Gasteiger partial charge is 0.303 e. The summed E-state index contributed by atoms with van der Waals surface area (Å²) < 4.78 is 11.8. The number of amides is 1. The molecule has 33 heavy (non-hydrogen) atoms. The quantitative estimate of drug-likeness (QED) is 0.650. The topological polar surface area (TPSA) is 88.1 Å². The SMILES string of the molecule is CC(C)N1CCOCCOc2ccc(C(=O)NCCCC(=O)O)cc2Cc2cccc(c2)C1. The molecule has 0 spiro atoms. The minimum atomic E-state index is -0.865. The first-order valence-electron chi connectivity index (χ1n) is 11.6. The zero-order valence-corrected chi connectivity index (χ0v) is 19.5. The van der Waals surface area contributed by atoms with Crippen molar-refractivity contribution in [3.05, 3.63) is 64.7 Å². The Hall–Kier alpha value is -2.90. The van der Waals surface area contributed by atoms with Crippen LogP contribution in [0.1, 0.15) is 53.7 Å². The summed E-state index contributed by atoms with van der Waals surface area (Å²) >= 11 is 0. The monoisotopic (exact) mass is 454 g/mol. The van der Waals surface area contributed by atoms with Crippen LogP contribution < -0.4 is 10.1 Å². The van der Waals surface area contributed by atoms with Crippen LogP contribution in [0.4, 0.5) is 0 Å². The number of carboxylic acid groups (broad SMARTS) is 1. The minimum Gasteiger partial charge on any atom is -0.491 e. The molecule has 0 atom stereocenters. The first kappa shape index (κ1) is 24.7. The van der Waals surface area contributed by atoms with Crippen molar-refractivity contribution in [1.29, 1.82) is 0 Å². The van der Waals surface area contributed by atoms with Crippen LogP contribution in [0, 0.1) is 0 Å². The Balaban J connectivity index is 1.80. The molecule has 3 rings (SSSR count). The summed E-state index contributed by atoms with van der Waals surface area (Å²) in [6.45, 7) is 8.03. The fourth-order valence-corrected chi connectivity index (χ4v) is 3.85. The summed E-state index contributed by atoms with van der Waals surface area (Å²) in [4.78, 5) is 25.6. The van der Waals surface area contributed by atoms with Crippen LogP contribution in [0.3, 0.4) is 0 Å². The van der Waals surface area contributed by atoms with Crippen LogP contribution in [0.2, 0.25) is 0 Å². The van der Waals surface area contributed by atoms with Gasteiger partial charge >= 0.3 is 5.97 Å². The van der Waals surface area contributed by atoms with Gasteiger partial charge in [0.05, 0.1) is 13.2 Å². The molecule has 0 aromatic heterocycles. The van der Waals surface area contributed by atoms with E-state index in [1.807, 2.05) is 12.1 Å². The van der Waals surface area contributed by atoms with E-state index < -0.39 is 5.97 Å². The van der Waals surface area contributed by atoms with E-state index in [4.69, 9.17) is 14.6 Å². The predicted octanol–water partition coefficient (Wildman–Crippen LogP) is 3.49. The Morgan fingerprint density at radius 1 is 1.09 bits per heavy atom. The maximum Gasteiger partial charge on any atom is 0.303 e. The average Bonchev–Trinajstić information content (AvgIpc) is 2.78. The minimum absolute atomic E-state index is 0.0327. The summed E-state index contributed by atoms with van der Waals surface area (Å²) in [5, 5.41) is 11.5. The van der Waals surface area contributed by atoms with Crippen molar-refractivity contribution in [3.63, 3.8) is 0 Å². The first-order chi connectivity index (χ1) is 15.9. The van der Waals surface area contributed by atoms with E-state index in [1.165, 1.54) is 5.56 Å². The summed E-state index contributed by atoms with van der Waals surface area (Å²) in [5.74, 6) is -0.338. The lowest BCUT2D eigenvalue weighted by Crippen LogP contribution is -2.33. The maximum absolute atomic E-state index is 12.6. The van der Waals surface area contributed by atoms with Crippen LogP contribution in [0.15, 0.2) is 42.5 Å². The summed E-state index contributed by atoms with van der Waals surface area (Å²) in [7, 11) is 0. The second-order valence-corrected chi connectivity index (χ2v) is 8.60. The van der Waals surface area contributed by atoms with E-state index >= 15 is 0 Å². The van der Waals surface area contributed by atoms with Crippen molar-refractivity contribution >= 4 is 11.9 Å². The maximum atomic E-state index is 12.6. The molecule has 1 amide bonds. The Morgan fingerprint density at radius 2 is 1.91 bits per heavy atom. The zero-order valence-electron chi connectivity index (χ0n) is 19.5. The van der Waals surface area contributed by atoms with Gasteiger partial charge in [0.15, 0.2) is 0 Å². The number of ether oxygens (including phenoxy) is 2. The third kappa shape index (κ3) is 7.87. The number of carbonyl (C=O) groups is 2. The van der Waals surface area contributed by atoms with Crippen LogP contribution in [0.25, 0.3) is 0 Å².